The Kier molecular flexibility index (Phi) is 5.46. The van der Waals surface area contributed by atoms with Gasteiger partial charge >= 0.3 is 17.9 Å². The lowest BCUT2D eigenvalue weighted by atomic mass is 9.75. The lowest BCUT2D eigenvalue weighted by Crippen LogP contribution is -2.42. The van der Waals surface area contributed by atoms with Crippen molar-refractivity contribution < 1.29 is 28.6 Å². The minimum atomic E-state index is -1.23. The van der Waals surface area contributed by atoms with Gasteiger partial charge in [-0.25, -0.2) is 0 Å². The van der Waals surface area contributed by atoms with Crippen LogP contribution in [0.5, 0.6) is 5.75 Å². The maximum absolute atomic E-state index is 12.3. The predicted octanol–water partition coefficient (Wildman–Crippen LogP) is 2.81. The van der Waals surface area contributed by atoms with Crippen molar-refractivity contribution in [1.29, 1.82) is 0 Å². The lowest BCUT2D eigenvalue weighted by molar-refractivity contribution is -0.160. The number of ether oxygens (including phenoxy) is 3. The van der Waals surface area contributed by atoms with Gasteiger partial charge in [0.25, 0.3) is 0 Å². The van der Waals surface area contributed by atoms with E-state index in [0.29, 0.717) is 20.3 Å². The molecule has 8 heteroatoms. The third-order valence-electron chi connectivity index (χ3n) is 3.78. The molecule has 1 aliphatic heterocycles. The van der Waals surface area contributed by atoms with Crippen molar-refractivity contribution in [1.82, 2.24) is 0 Å². The highest BCUT2D eigenvalue weighted by atomic mass is 79.9. The fourth-order valence-corrected chi connectivity index (χ4v) is 4.03. The average Bonchev–Trinajstić information content (AvgIpc) is 2.52. The number of carbonyl (C=O) groups excluding carboxylic acids is 3. The smallest absolute Gasteiger partial charge is 0.326 e. The SMILES string of the molecule is COC(=O)[C@H]1C(=O)Oc2c(Br)cc(Br)cc2[C@@H]1[C@@H](C)C(=O)OC. The van der Waals surface area contributed by atoms with Crippen molar-refractivity contribution in [3.8, 4) is 5.75 Å². The third-order valence-corrected chi connectivity index (χ3v) is 4.83. The van der Waals surface area contributed by atoms with Crippen LogP contribution >= 0.6 is 31.9 Å². The zero-order valence-electron chi connectivity index (χ0n) is 12.6. The first-order chi connectivity index (χ1) is 10.8. The van der Waals surface area contributed by atoms with Crippen molar-refractivity contribution in [3.05, 3.63) is 26.6 Å². The minimum Gasteiger partial charge on any atom is -0.469 e. The van der Waals surface area contributed by atoms with Gasteiger partial charge in [0.1, 0.15) is 5.75 Å². The number of carbonyl (C=O) groups is 3. The highest BCUT2D eigenvalue weighted by Gasteiger charge is 2.48. The standard InChI is InChI=1S/C15H14Br2O6/c1-6(13(18)21-2)10-8-4-7(16)5-9(17)12(8)23-15(20)11(10)14(19)22-3/h4-6,10-11H,1-3H3/t6-,10+,11+/m1/s1. The summed E-state index contributed by atoms with van der Waals surface area (Å²) in [4.78, 5) is 36.4. The Morgan fingerprint density at radius 3 is 2.43 bits per heavy atom. The summed E-state index contributed by atoms with van der Waals surface area (Å²) >= 11 is 6.68. The molecule has 0 bridgehead atoms. The molecule has 1 heterocycles. The molecule has 0 fully saturated rings. The second-order valence-electron chi connectivity index (χ2n) is 5.07. The second kappa shape index (κ2) is 7.00. The average molecular weight is 450 g/mol. The molecule has 1 aromatic carbocycles. The molecular formula is C15H14Br2O6. The molecule has 0 aliphatic carbocycles. The van der Waals surface area contributed by atoms with Gasteiger partial charge in [0.15, 0.2) is 5.92 Å². The molecule has 23 heavy (non-hydrogen) atoms. The topological polar surface area (TPSA) is 78.9 Å². The maximum Gasteiger partial charge on any atom is 0.326 e. The fraction of sp³-hybridized carbons (Fsp3) is 0.400. The van der Waals surface area contributed by atoms with Crippen molar-refractivity contribution in [2.45, 2.75) is 12.8 Å². The van der Waals surface area contributed by atoms with Crippen molar-refractivity contribution in [3.63, 3.8) is 0 Å². The zero-order valence-corrected chi connectivity index (χ0v) is 15.8. The summed E-state index contributed by atoms with van der Waals surface area (Å²) in [5, 5.41) is 0. The van der Waals surface area contributed by atoms with E-state index in [9.17, 15) is 14.4 Å². The van der Waals surface area contributed by atoms with Crippen LogP contribution in [0.3, 0.4) is 0 Å². The summed E-state index contributed by atoms with van der Waals surface area (Å²) in [5.41, 5.74) is 0.555. The number of fused-ring (bicyclic) bond motifs is 1. The summed E-state index contributed by atoms with van der Waals surface area (Å²) in [6.45, 7) is 1.60. The van der Waals surface area contributed by atoms with Gasteiger partial charge in [0.05, 0.1) is 24.6 Å². The van der Waals surface area contributed by atoms with E-state index in [1.54, 1.807) is 19.1 Å². The molecule has 0 aromatic heterocycles. The lowest BCUT2D eigenvalue weighted by Gasteiger charge is -2.33. The first-order valence-corrected chi connectivity index (χ1v) is 8.26. The number of methoxy groups -OCH3 is 2. The van der Waals surface area contributed by atoms with Crippen LogP contribution in [0.4, 0.5) is 0 Å². The Morgan fingerprint density at radius 2 is 1.87 bits per heavy atom. The Bertz CT molecular complexity index is 672. The molecule has 124 valence electrons. The number of halogens is 2. The largest absolute Gasteiger partial charge is 0.469 e. The molecule has 1 aliphatic rings. The van der Waals surface area contributed by atoms with Crippen molar-refractivity contribution in [2.75, 3.05) is 14.2 Å². The Morgan fingerprint density at radius 1 is 1.22 bits per heavy atom. The van der Waals surface area contributed by atoms with Gasteiger partial charge in [-0.2, -0.15) is 0 Å². The van der Waals surface area contributed by atoms with E-state index in [2.05, 4.69) is 31.9 Å². The maximum atomic E-state index is 12.3. The van der Waals surface area contributed by atoms with E-state index < -0.39 is 35.7 Å². The predicted molar refractivity (Wildman–Crippen MR) is 86.9 cm³/mol. The molecule has 1 aromatic rings. The molecule has 0 spiro atoms. The molecule has 3 atom stereocenters. The summed E-state index contributed by atoms with van der Waals surface area (Å²) < 4.78 is 16.0. The van der Waals surface area contributed by atoms with Crippen LogP contribution in [0.2, 0.25) is 0 Å². The summed E-state index contributed by atoms with van der Waals surface area (Å²) in [6.07, 6.45) is 0. The molecule has 6 nitrogen and oxygen atoms in total. The van der Waals surface area contributed by atoms with Gasteiger partial charge in [0.2, 0.25) is 0 Å². The van der Waals surface area contributed by atoms with E-state index in [1.165, 1.54) is 14.2 Å². The first kappa shape index (κ1) is 17.9. The first-order valence-electron chi connectivity index (χ1n) is 6.68. The molecule has 0 saturated heterocycles. The summed E-state index contributed by atoms with van der Waals surface area (Å²) in [6, 6.07) is 3.43. The normalized spacial score (nSPS) is 21.0. The van der Waals surface area contributed by atoms with Crippen LogP contribution in [0, 0.1) is 11.8 Å². The molecule has 0 N–H and O–H groups in total. The van der Waals surface area contributed by atoms with E-state index in [-0.39, 0.29) is 0 Å². The quantitative estimate of drug-likeness (QED) is 0.401. The molecule has 0 saturated carbocycles. The van der Waals surface area contributed by atoms with E-state index >= 15 is 0 Å². The van der Waals surface area contributed by atoms with E-state index in [4.69, 9.17) is 14.2 Å². The molecule has 0 unspecified atom stereocenters. The molecule has 2 rings (SSSR count). The summed E-state index contributed by atoms with van der Waals surface area (Å²) in [5.74, 6) is -4.47. The van der Waals surface area contributed by atoms with Crippen molar-refractivity contribution in [2.24, 2.45) is 11.8 Å². The van der Waals surface area contributed by atoms with Crippen molar-refractivity contribution >= 4 is 49.8 Å². The van der Waals surface area contributed by atoms with Crippen LogP contribution < -0.4 is 4.74 Å². The zero-order chi connectivity index (χ0) is 17.3. The van der Waals surface area contributed by atoms with Crippen LogP contribution in [0.25, 0.3) is 0 Å². The Hall–Kier alpha value is -1.41. The van der Waals surface area contributed by atoms with Gasteiger partial charge in [-0.1, -0.05) is 22.9 Å². The molecule has 0 radical (unpaired) electrons. The van der Waals surface area contributed by atoms with Crippen LogP contribution in [-0.4, -0.2) is 32.1 Å². The second-order valence-corrected chi connectivity index (χ2v) is 6.84. The van der Waals surface area contributed by atoms with Gasteiger partial charge < -0.3 is 14.2 Å². The highest BCUT2D eigenvalue weighted by molar-refractivity contribution is 9.11. The number of esters is 3. The van der Waals surface area contributed by atoms with E-state index in [1.807, 2.05) is 0 Å². The fourth-order valence-electron chi connectivity index (χ4n) is 2.69. The third kappa shape index (κ3) is 3.28. The van der Waals surface area contributed by atoms with Gasteiger partial charge in [0, 0.05) is 16.0 Å². The minimum absolute atomic E-state index is 0.291. The van der Waals surface area contributed by atoms with Gasteiger partial charge in [-0.05, 0) is 28.1 Å². The number of hydrogen-bond donors (Lipinski definition) is 0. The van der Waals surface area contributed by atoms with Gasteiger partial charge in [-0.3, -0.25) is 14.4 Å². The summed E-state index contributed by atoms with van der Waals surface area (Å²) in [7, 11) is 2.44. The Balaban J connectivity index is 2.65. The van der Waals surface area contributed by atoms with E-state index in [0.717, 1.165) is 0 Å². The highest BCUT2D eigenvalue weighted by Crippen LogP contribution is 2.47. The van der Waals surface area contributed by atoms with Crippen LogP contribution in [0.15, 0.2) is 21.1 Å². The van der Waals surface area contributed by atoms with Crippen LogP contribution in [0.1, 0.15) is 18.4 Å². The van der Waals surface area contributed by atoms with Gasteiger partial charge in [-0.15, -0.1) is 0 Å². The number of hydrogen-bond acceptors (Lipinski definition) is 6. The Labute approximate surface area is 149 Å². The molecular weight excluding hydrogens is 436 g/mol. The number of rotatable bonds is 3. The van der Waals surface area contributed by atoms with Crippen LogP contribution in [-0.2, 0) is 23.9 Å². The monoisotopic (exact) mass is 448 g/mol. The number of benzene rings is 1. The molecule has 0 amide bonds.